The van der Waals surface area contributed by atoms with Gasteiger partial charge in [-0.1, -0.05) is 12.1 Å². The van der Waals surface area contributed by atoms with Crippen molar-refractivity contribution in [1.82, 2.24) is 0 Å². The number of rotatable bonds is 5. The topological polar surface area (TPSA) is 36.6 Å². The Morgan fingerprint density at radius 3 is 2.50 bits per heavy atom. The average Bonchev–Trinajstić information content (AvgIpc) is 3.13. The van der Waals surface area contributed by atoms with Crippen molar-refractivity contribution in [3.05, 3.63) is 54.0 Å². The first-order chi connectivity index (χ1) is 8.86. The third-order valence-corrected chi connectivity index (χ3v) is 3.34. The van der Waals surface area contributed by atoms with Crippen LogP contribution in [0.3, 0.4) is 0 Å². The molecule has 1 fully saturated rings. The number of hydrogen-bond donors (Lipinski definition) is 1. The molecule has 1 aliphatic rings. The lowest BCUT2D eigenvalue weighted by Gasteiger charge is -2.23. The molecule has 1 aromatic carbocycles. The highest BCUT2D eigenvalue weighted by Gasteiger charge is 2.29. The van der Waals surface area contributed by atoms with E-state index in [-0.39, 0.29) is 6.61 Å². The SMILES string of the molecule is OCc1ccc(N(Cc2ccco2)C2CC2)cc1. The summed E-state index contributed by atoms with van der Waals surface area (Å²) in [6, 6.07) is 12.7. The van der Waals surface area contributed by atoms with Crippen LogP contribution in [0.25, 0.3) is 0 Å². The lowest BCUT2D eigenvalue weighted by Crippen LogP contribution is -2.24. The van der Waals surface area contributed by atoms with Crippen LogP contribution in [0.2, 0.25) is 0 Å². The van der Waals surface area contributed by atoms with E-state index in [4.69, 9.17) is 9.52 Å². The maximum atomic E-state index is 9.07. The summed E-state index contributed by atoms with van der Waals surface area (Å²) in [7, 11) is 0. The van der Waals surface area contributed by atoms with Gasteiger partial charge in [0, 0.05) is 11.7 Å². The van der Waals surface area contributed by atoms with E-state index in [2.05, 4.69) is 17.0 Å². The minimum Gasteiger partial charge on any atom is -0.467 e. The second-order valence-corrected chi connectivity index (χ2v) is 4.76. The smallest absolute Gasteiger partial charge is 0.123 e. The van der Waals surface area contributed by atoms with Gasteiger partial charge in [-0.3, -0.25) is 0 Å². The minimum absolute atomic E-state index is 0.0991. The summed E-state index contributed by atoms with van der Waals surface area (Å²) in [6.07, 6.45) is 4.22. The van der Waals surface area contributed by atoms with Crippen molar-refractivity contribution in [2.75, 3.05) is 4.90 Å². The molecule has 0 amide bonds. The first-order valence-corrected chi connectivity index (χ1v) is 6.35. The molecule has 2 aromatic rings. The molecule has 18 heavy (non-hydrogen) atoms. The summed E-state index contributed by atoms with van der Waals surface area (Å²) < 4.78 is 5.43. The molecule has 0 saturated heterocycles. The van der Waals surface area contributed by atoms with Crippen molar-refractivity contribution in [3.8, 4) is 0 Å². The van der Waals surface area contributed by atoms with Crippen LogP contribution in [0, 0.1) is 0 Å². The van der Waals surface area contributed by atoms with Crippen LogP contribution in [0.5, 0.6) is 0 Å². The monoisotopic (exact) mass is 243 g/mol. The Bertz CT molecular complexity index is 486. The average molecular weight is 243 g/mol. The van der Waals surface area contributed by atoms with E-state index in [1.165, 1.54) is 18.5 Å². The van der Waals surface area contributed by atoms with Gasteiger partial charge in [0.2, 0.25) is 0 Å². The van der Waals surface area contributed by atoms with Crippen LogP contribution in [0.1, 0.15) is 24.2 Å². The van der Waals surface area contributed by atoms with Gasteiger partial charge in [-0.2, -0.15) is 0 Å². The van der Waals surface area contributed by atoms with E-state index in [0.717, 1.165) is 17.9 Å². The van der Waals surface area contributed by atoms with E-state index in [9.17, 15) is 0 Å². The zero-order valence-electron chi connectivity index (χ0n) is 10.2. The quantitative estimate of drug-likeness (QED) is 0.877. The van der Waals surface area contributed by atoms with Gasteiger partial charge in [-0.05, 0) is 42.7 Å². The van der Waals surface area contributed by atoms with Crippen LogP contribution in [0.15, 0.2) is 47.1 Å². The molecule has 0 bridgehead atoms. The summed E-state index contributed by atoms with van der Waals surface area (Å²) in [5.41, 5.74) is 2.15. The third-order valence-electron chi connectivity index (χ3n) is 3.34. The molecule has 0 radical (unpaired) electrons. The number of anilines is 1. The van der Waals surface area contributed by atoms with Gasteiger partial charge in [-0.25, -0.2) is 0 Å². The maximum Gasteiger partial charge on any atom is 0.123 e. The third kappa shape index (κ3) is 2.41. The molecule has 3 nitrogen and oxygen atoms in total. The fraction of sp³-hybridized carbons (Fsp3) is 0.333. The first kappa shape index (κ1) is 11.4. The molecule has 94 valence electrons. The van der Waals surface area contributed by atoms with Gasteiger partial charge in [0.1, 0.15) is 5.76 Å². The van der Waals surface area contributed by atoms with Gasteiger partial charge in [0.05, 0.1) is 19.4 Å². The van der Waals surface area contributed by atoms with Crippen LogP contribution in [-0.4, -0.2) is 11.1 Å². The predicted octanol–water partition coefficient (Wildman–Crippen LogP) is 2.94. The van der Waals surface area contributed by atoms with E-state index >= 15 is 0 Å². The van der Waals surface area contributed by atoms with Crippen LogP contribution in [0.4, 0.5) is 5.69 Å². The van der Waals surface area contributed by atoms with Crippen molar-refractivity contribution >= 4 is 5.69 Å². The maximum absolute atomic E-state index is 9.07. The molecule has 1 aliphatic carbocycles. The lowest BCUT2D eigenvalue weighted by atomic mass is 10.2. The molecule has 0 atom stereocenters. The molecule has 0 unspecified atom stereocenters. The standard InChI is InChI=1S/C15H17NO2/c17-11-12-3-5-13(6-4-12)16(14-7-8-14)10-15-2-1-9-18-15/h1-6,9,14,17H,7-8,10-11H2. The summed E-state index contributed by atoms with van der Waals surface area (Å²) in [4.78, 5) is 2.37. The Morgan fingerprint density at radius 2 is 1.94 bits per heavy atom. The number of aliphatic hydroxyl groups excluding tert-OH is 1. The van der Waals surface area contributed by atoms with Crippen molar-refractivity contribution in [2.45, 2.75) is 32.0 Å². The fourth-order valence-corrected chi connectivity index (χ4v) is 2.18. The second kappa shape index (κ2) is 4.86. The minimum atomic E-state index is 0.0991. The van der Waals surface area contributed by atoms with Crippen LogP contribution in [-0.2, 0) is 13.2 Å². The Balaban J connectivity index is 1.80. The highest BCUT2D eigenvalue weighted by molar-refractivity contribution is 5.49. The highest BCUT2D eigenvalue weighted by Crippen LogP contribution is 2.33. The zero-order chi connectivity index (χ0) is 12.4. The van der Waals surface area contributed by atoms with E-state index in [1.54, 1.807) is 6.26 Å². The summed E-state index contributed by atoms with van der Waals surface area (Å²) in [6.45, 7) is 0.915. The van der Waals surface area contributed by atoms with E-state index < -0.39 is 0 Å². The number of furan rings is 1. The normalized spacial score (nSPS) is 14.7. The Kier molecular flexibility index (Phi) is 3.07. The van der Waals surface area contributed by atoms with Gasteiger partial charge >= 0.3 is 0 Å². The molecular formula is C15H17NO2. The van der Waals surface area contributed by atoms with E-state index in [0.29, 0.717) is 6.04 Å². The van der Waals surface area contributed by atoms with E-state index in [1.807, 2.05) is 24.3 Å². The number of nitrogens with zero attached hydrogens (tertiary/aromatic N) is 1. The van der Waals surface area contributed by atoms with Gasteiger partial charge < -0.3 is 14.4 Å². The predicted molar refractivity (Wildman–Crippen MR) is 70.3 cm³/mol. The molecule has 3 heteroatoms. The summed E-state index contributed by atoms with van der Waals surface area (Å²) in [5.74, 6) is 0.994. The highest BCUT2D eigenvalue weighted by atomic mass is 16.3. The Hall–Kier alpha value is -1.74. The van der Waals surface area contributed by atoms with Gasteiger partial charge in [0.15, 0.2) is 0 Å². The lowest BCUT2D eigenvalue weighted by molar-refractivity contribution is 0.282. The van der Waals surface area contributed by atoms with Crippen molar-refractivity contribution in [3.63, 3.8) is 0 Å². The van der Waals surface area contributed by atoms with Gasteiger partial charge in [-0.15, -0.1) is 0 Å². The molecule has 0 aliphatic heterocycles. The molecule has 1 saturated carbocycles. The zero-order valence-corrected chi connectivity index (χ0v) is 10.2. The molecule has 1 aromatic heterocycles. The van der Waals surface area contributed by atoms with Crippen LogP contribution < -0.4 is 4.90 Å². The first-order valence-electron chi connectivity index (χ1n) is 6.35. The summed E-state index contributed by atoms with van der Waals surface area (Å²) in [5, 5.41) is 9.07. The molecule has 1 heterocycles. The largest absolute Gasteiger partial charge is 0.467 e. The second-order valence-electron chi connectivity index (χ2n) is 4.76. The van der Waals surface area contributed by atoms with Crippen molar-refractivity contribution < 1.29 is 9.52 Å². The van der Waals surface area contributed by atoms with Crippen LogP contribution >= 0.6 is 0 Å². The van der Waals surface area contributed by atoms with Gasteiger partial charge in [0.25, 0.3) is 0 Å². The van der Waals surface area contributed by atoms with Crippen molar-refractivity contribution in [2.24, 2.45) is 0 Å². The molecular weight excluding hydrogens is 226 g/mol. The number of benzene rings is 1. The molecule has 3 rings (SSSR count). The number of aliphatic hydroxyl groups is 1. The molecule has 1 N–H and O–H groups in total. The summed E-state index contributed by atoms with van der Waals surface area (Å²) >= 11 is 0. The fourth-order valence-electron chi connectivity index (χ4n) is 2.18. The Labute approximate surface area is 107 Å². The Morgan fingerprint density at radius 1 is 1.17 bits per heavy atom. The number of hydrogen-bond acceptors (Lipinski definition) is 3. The van der Waals surface area contributed by atoms with Crippen molar-refractivity contribution in [1.29, 1.82) is 0 Å². The molecule has 0 spiro atoms.